The van der Waals surface area contributed by atoms with Gasteiger partial charge in [0.2, 0.25) is 0 Å². The molecule has 0 aromatic heterocycles. The van der Waals surface area contributed by atoms with Crippen molar-refractivity contribution in [1.29, 1.82) is 0 Å². The zero-order valence-electron chi connectivity index (χ0n) is 11.5. The largest absolute Gasteiger partial charge is 0.380 e. The second-order valence-electron chi connectivity index (χ2n) is 5.41. The average molecular weight is 267 g/mol. The summed E-state index contributed by atoms with van der Waals surface area (Å²) in [5.74, 6) is 0.860. The van der Waals surface area contributed by atoms with Crippen molar-refractivity contribution in [2.24, 2.45) is 5.92 Å². The molecule has 0 amide bonds. The maximum Gasteiger partial charge on any atom is 0.0786 e. The van der Waals surface area contributed by atoms with Gasteiger partial charge >= 0.3 is 0 Å². The minimum absolute atomic E-state index is 0.604. The molecule has 1 aliphatic carbocycles. The van der Waals surface area contributed by atoms with E-state index in [0.717, 1.165) is 22.3 Å². The van der Waals surface area contributed by atoms with E-state index in [1.54, 1.807) is 0 Å². The number of anilines is 2. The summed E-state index contributed by atoms with van der Waals surface area (Å²) in [6, 6.07) is 6.71. The first-order chi connectivity index (χ1) is 8.63. The average Bonchev–Trinajstić information content (AvgIpc) is 3.11. The van der Waals surface area contributed by atoms with Crippen molar-refractivity contribution in [3.05, 3.63) is 23.2 Å². The zero-order valence-corrected chi connectivity index (χ0v) is 12.3. The van der Waals surface area contributed by atoms with Gasteiger partial charge in [-0.15, -0.1) is 0 Å². The first-order valence-electron chi connectivity index (χ1n) is 6.85. The highest BCUT2D eigenvalue weighted by Crippen LogP contribution is 2.39. The predicted octanol–water partition coefficient (Wildman–Crippen LogP) is 4.40. The smallest absolute Gasteiger partial charge is 0.0786 e. The Bertz CT molecular complexity index is 399. The summed E-state index contributed by atoms with van der Waals surface area (Å²) in [7, 11) is 4.08. The first kappa shape index (κ1) is 13.5. The molecule has 0 aliphatic heterocycles. The first-order valence-corrected chi connectivity index (χ1v) is 7.23. The Morgan fingerprint density at radius 2 is 2.11 bits per heavy atom. The van der Waals surface area contributed by atoms with Crippen molar-refractivity contribution < 1.29 is 0 Å². The van der Waals surface area contributed by atoms with E-state index in [1.165, 1.54) is 25.7 Å². The van der Waals surface area contributed by atoms with E-state index < -0.39 is 0 Å². The van der Waals surface area contributed by atoms with Gasteiger partial charge in [0.05, 0.1) is 16.4 Å². The Labute approximate surface area is 115 Å². The number of benzene rings is 1. The predicted molar refractivity (Wildman–Crippen MR) is 80.8 cm³/mol. The lowest BCUT2D eigenvalue weighted by Crippen LogP contribution is -2.23. The molecule has 1 N–H and O–H groups in total. The monoisotopic (exact) mass is 266 g/mol. The molecule has 0 heterocycles. The van der Waals surface area contributed by atoms with Crippen LogP contribution in [0.4, 0.5) is 11.4 Å². The summed E-state index contributed by atoms with van der Waals surface area (Å²) in [6.45, 7) is 2.25. The van der Waals surface area contributed by atoms with Crippen LogP contribution in [0, 0.1) is 5.92 Å². The van der Waals surface area contributed by atoms with Gasteiger partial charge in [-0.05, 0) is 37.3 Å². The molecule has 1 aliphatic rings. The topological polar surface area (TPSA) is 15.3 Å². The van der Waals surface area contributed by atoms with Crippen molar-refractivity contribution in [2.75, 3.05) is 24.3 Å². The van der Waals surface area contributed by atoms with Gasteiger partial charge in [-0.1, -0.05) is 31.0 Å². The molecule has 3 heteroatoms. The van der Waals surface area contributed by atoms with Crippen LogP contribution in [0.25, 0.3) is 0 Å². The minimum Gasteiger partial charge on any atom is -0.380 e. The van der Waals surface area contributed by atoms with E-state index in [1.807, 2.05) is 26.2 Å². The van der Waals surface area contributed by atoms with Crippen LogP contribution in [0.3, 0.4) is 0 Å². The number of para-hydroxylation sites is 1. The molecule has 1 aromatic carbocycles. The Balaban J connectivity index is 2.18. The lowest BCUT2D eigenvalue weighted by molar-refractivity contribution is 0.578. The van der Waals surface area contributed by atoms with Crippen molar-refractivity contribution in [1.82, 2.24) is 0 Å². The Morgan fingerprint density at radius 1 is 1.39 bits per heavy atom. The third kappa shape index (κ3) is 3.11. The lowest BCUT2D eigenvalue weighted by Gasteiger charge is -2.24. The molecular formula is C15H23ClN2. The van der Waals surface area contributed by atoms with Crippen molar-refractivity contribution in [3.8, 4) is 0 Å². The van der Waals surface area contributed by atoms with Crippen LogP contribution in [0.1, 0.15) is 32.6 Å². The molecule has 1 saturated carbocycles. The molecule has 18 heavy (non-hydrogen) atoms. The van der Waals surface area contributed by atoms with E-state index >= 15 is 0 Å². The molecule has 0 bridgehead atoms. The highest BCUT2D eigenvalue weighted by Gasteiger charge is 2.31. The highest BCUT2D eigenvalue weighted by molar-refractivity contribution is 6.34. The van der Waals surface area contributed by atoms with E-state index in [9.17, 15) is 0 Å². The van der Waals surface area contributed by atoms with Crippen LogP contribution in [0.5, 0.6) is 0 Å². The summed E-state index contributed by atoms with van der Waals surface area (Å²) in [5.41, 5.74) is 2.26. The normalized spacial score (nSPS) is 16.4. The van der Waals surface area contributed by atoms with Crippen LogP contribution in [0.2, 0.25) is 5.02 Å². The minimum atomic E-state index is 0.604. The maximum absolute atomic E-state index is 6.30. The molecule has 2 rings (SSSR count). The number of nitrogens with zero attached hydrogens (tertiary/aromatic N) is 1. The fourth-order valence-corrected chi connectivity index (χ4v) is 2.86. The summed E-state index contributed by atoms with van der Waals surface area (Å²) in [6.07, 6.45) is 5.21. The fourth-order valence-electron chi connectivity index (χ4n) is 2.52. The molecule has 0 spiro atoms. The van der Waals surface area contributed by atoms with Gasteiger partial charge in [-0.2, -0.15) is 0 Å². The van der Waals surface area contributed by atoms with Gasteiger partial charge in [-0.3, -0.25) is 0 Å². The molecule has 1 fully saturated rings. The fraction of sp³-hybridized carbons (Fsp3) is 0.600. The molecule has 100 valence electrons. The maximum atomic E-state index is 6.30. The van der Waals surface area contributed by atoms with Gasteiger partial charge in [0.25, 0.3) is 0 Å². The van der Waals surface area contributed by atoms with Gasteiger partial charge < -0.3 is 10.2 Å². The third-order valence-electron chi connectivity index (χ3n) is 3.57. The molecule has 1 atom stereocenters. The van der Waals surface area contributed by atoms with E-state index in [2.05, 4.69) is 23.2 Å². The lowest BCUT2D eigenvalue weighted by atomic mass is 10.1. The van der Waals surface area contributed by atoms with Crippen LogP contribution in [-0.2, 0) is 0 Å². The standard InChI is InChI=1S/C15H23ClN2/c1-4-6-13(11-9-10-11)17-14-8-5-7-12(16)15(14)18(2)3/h5,7-8,11,13,17H,4,6,9-10H2,1-3H3. The van der Waals surface area contributed by atoms with Crippen LogP contribution in [-0.4, -0.2) is 20.1 Å². The molecule has 1 unspecified atom stereocenters. The molecular weight excluding hydrogens is 244 g/mol. The molecule has 2 nitrogen and oxygen atoms in total. The molecule has 0 saturated heterocycles. The van der Waals surface area contributed by atoms with Crippen molar-refractivity contribution in [3.63, 3.8) is 0 Å². The number of rotatable bonds is 6. The quantitative estimate of drug-likeness (QED) is 0.821. The molecule has 0 radical (unpaired) electrons. The van der Waals surface area contributed by atoms with Crippen LogP contribution in [0.15, 0.2) is 18.2 Å². The van der Waals surface area contributed by atoms with E-state index in [0.29, 0.717) is 6.04 Å². The Kier molecular flexibility index (Phi) is 4.39. The van der Waals surface area contributed by atoms with Crippen molar-refractivity contribution >= 4 is 23.0 Å². The van der Waals surface area contributed by atoms with Crippen LogP contribution >= 0.6 is 11.6 Å². The second kappa shape index (κ2) is 5.83. The summed E-state index contributed by atoms with van der Waals surface area (Å²) in [5, 5.41) is 4.52. The third-order valence-corrected chi connectivity index (χ3v) is 3.87. The van der Waals surface area contributed by atoms with E-state index in [-0.39, 0.29) is 0 Å². The summed E-state index contributed by atoms with van der Waals surface area (Å²) >= 11 is 6.30. The Morgan fingerprint density at radius 3 is 2.67 bits per heavy atom. The zero-order chi connectivity index (χ0) is 13.1. The number of nitrogens with one attached hydrogen (secondary N) is 1. The number of hydrogen-bond donors (Lipinski definition) is 1. The van der Waals surface area contributed by atoms with Crippen molar-refractivity contribution in [2.45, 2.75) is 38.6 Å². The van der Waals surface area contributed by atoms with E-state index in [4.69, 9.17) is 11.6 Å². The Hall–Kier alpha value is -0.890. The van der Waals surface area contributed by atoms with Gasteiger partial charge in [0.15, 0.2) is 0 Å². The van der Waals surface area contributed by atoms with Gasteiger partial charge in [-0.25, -0.2) is 0 Å². The van der Waals surface area contributed by atoms with Crippen LogP contribution < -0.4 is 10.2 Å². The number of hydrogen-bond acceptors (Lipinski definition) is 2. The molecule has 1 aromatic rings. The van der Waals surface area contributed by atoms with Gasteiger partial charge in [0.1, 0.15) is 0 Å². The summed E-state index contributed by atoms with van der Waals surface area (Å²) in [4.78, 5) is 2.08. The SMILES string of the molecule is CCCC(Nc1cccc(Cl)c1N(C)C)C1CC1. The summed E-state index contributed by atoms with van der Waals surface area (Å²) < 4.78 is 0. The van der Waals surface area contributed by atoms with Gasteiger partial charge in [0, 0.05) is 20.1 Å². The number of halogens is 1. The second-order valence-corrected chi connectivity index (χ2v) is 5.81. The highest BCUT2D eigenvalue weighted by atomic mass is 35.5.